The second-order valence-electron chi connectivity index (χ2n) is 5.81. The molecule has 4 rings (SSSR count). The molecule has 0 spiro atoms. The predicted molar refractivity (Wildman–Crippen MR) is 96.6 cm³/mol. The molecule has 3 aromatic heterocycles. The molecule has 8 nitrogen and oxygen atoms in total. The minimum Gasteiger partial charge on any atom is -0.480 e. The maximum absolute atomic E-state index is 13.3. The van der Waals surface area contributed by atoms with Gasteiger partial charge in [0.2, 0.25) is 0 Å². The number of carbonyl (C=O) groups is 1. The molecular weight excluding hydrogens is 375 g/mol. The zero-order valence-electron chi connectivity index (χ0n) is 13.6. The van der Waals surface area contributed by atoms with Crippen LogP contribution in [0.25, 0.3) is 21.3 Å². The van der Waals surface area contributed by atoms with E-state index in [2.05, 4.69) is 15.0 Å². The Labute approximate surface area is 153 Å². The molecular formula is C17H11FN4O4S. The van der Waals surface area contributed by atoms with Gasteiger partial charge in [-0.25, -0.2) is 23.7 Å². The van der Waals surface area contributed by atoms with E-state index < -0.39 is 23.8 Å². The van der Waals surface area contributed by atoms with Crippen LogP contribution in [0.1, 0.15) is 10.7 Å². The summed E-state index contributed by atoms with van der Waals surface area (Å²) in [6.45, 7) is -0.728. The van der Waals surface area contributed by atoms with Crippen LogP contribution in [-0.4, -0.2) is 30.6 Å². The number of thiazole rings is 1. The van der Waals surface area contributed by atoms with Gasteiger partial charge in [-0.2, -0.15) is 0 Å². The highest BCUT2D eigenvalue weighted by atomic mass is 32.1. The summed E-state index contributed by atoms with van der Waals surface area (Å²) in [7, 11) is 0. The summed E-state index contributed by atoms with van der Waals surface area (Å²) in [5.41, 5.74) is -0.229. The number of halogens is 1. The monoisotopic (exact) mass is 386 g/mol. The van der Waals surface area contributed by atoms with Crippen LogP contribution in [0.5, 0.6) is 0 Å². The number of nitrogens with zero attached hydrogens (tertiary/aromatic N) is 3. The van der Waals surface area contributed by atoms with Crippen molar-refractivity contribution in [1.29, 1.82) is 0 Å². The molecule has 0 aliphatic rings. The number of fused-ring (bicyclic) bond motifs is 2. The summed E-state index contributed by atoms with van der Waals surface area (Å²) >= 11 is 1.33. The fourth-order valence-corrected chi connectivity index (χ4v) is 3.74. The van der Waals surface area contributed by atoms with Crippen molar-refractivity contribution >= 4 is 38.6 Å². The van der Waals surface area contributed by atoms with Crippen molar-refractivity contribution in [1.82, 2.24) is 19.5 Å². The number of benzene rings is 1. The zero-order chi connectivity index (χ0) is 19.1. The van der Waals surface area contributed by atoms with Crippen LogP contribution in [0, 0.1) is 5.82 Å². The van der Waals surface area contributed by atoms with Crippen LogP contribution in [0.3, 0.4) is 0 Å². The predicted octanol–water partition coefficient (Wildman–Crippen LogP) is 1.51. The Balaban J connectivity index is 1.73. The Bertz CT molecular complexity index is 1320. The van der Waals surface area contributed by atoms with Gasteiger partial charge in [-0.1, -0.05) is 0 Å². The molecule has 0 fully saturated rings. The highest BCUT2D eigenvalue weighted by Gasteiger charge is 2.13. The molecule has 10 heteroatoms. The highest BCUT2D eigenvalue weighted by Crippen LogP contribution is 2.24. The zero-order valence-corrected chi connectivity index (χ0v) is 14.4. The molecule has 2 N–H and O–H groups in total. The first kappa shape index (κ1) is 17.0. The lowest BCUT2D eigenvalue weighted by molar-refractivity contribution is -0.137. The lowest BCUT2D eigenvalue weighted by atomic mass is 10.2. The Morgan fingerprint density at radius 1 is 1.22 bits per heavy atom. The van der Waals surface area contributed by atoms with Crippen molar-refractivity contribution in [2.45, 2.75) is 13.0 Å². The van der Waals surface area contributed by atoms with Gasteiger partial charge < -0.3 is 5.11 Å². The Hall–Kier alpha value is -3.40. The minimum absolute atomic E-state index is 0.0799. The van der Waals surface area contributed by atoms with Gasteiger partial charge in [0.15, 0.2) is 0 Å². The van der Waals surface area contributed by atoms with Gasteiger partial charge in [0.1, 0.15) is 18.0 Å². The average molecular weight is 386 g/mol. The molecule has 0 aliphatic carbocycles. The lowest BCUT2D eigenvalue weighted by Gasteiger charge is -2.04. The van der Waals surface area contributed by atoms with Crippen molar-refractivity contribution < 1.29 is 14.3 Å². The minimum atomic E-state index is -1.29. The van der Waals surface area contributed by atoms with Crippen LogP contribution in [-0.2, 0) is 17.8 Å². The van der Waals surface area contributed by atoms with Gasteiger partial charge in [0.05, 0.1) is 20.6 Å². The standard InChI is InChI=1S/C17H11FN4O4S/c18-8-1-4-11-12(5-8)27-13(20-11)6-9-2-3-10-15(19-9)21-17(26)22(16(10)25)7-14(23)24/h1-5H,6-7H2,(H,23,24)(H,19,21,26). The first-order chi connectivity index (χ1) is 12.9. The van der Waals surface area contributed by atoms with Gasteiger partial charge in [0.25, 0.3) is 5.56 Å². The third kappa shape index (κ3) is 3.22. The van der Waals surface area contributed by atoms with E-state index in [9.17, 15) is 18.8 Å². The topological polar surface area (TPSA) is 118 Å². The largest absolute Gasteiger partial charge is 0.480 e. The molecule has 0 bridgehead atoms. The van der Waals surface area contributed by atoms with Gasteiger partial charge in [-0.3, -0.25) is 14.6 Å². The van der Waals surface area contributed by atoms with Gasteiger partial charge in [-0.15, -0.1) is 11.3 Å². The number of aromatic nitrogens is 4. The summed E-state index contributed by atoms with van der Waals surface area (Å²) in [4.78, 5) is 46.2. The SMILES string of the molecule is O=C(O)Cn1c(=O)[nH]c2nc(Cc3nc4ccc(F)cc4s3)ccc2c1=O. The first-order valence-corrected chi connectivity index (χ1v) is 8.62. The van der Waals surface area contributed by atoms with Crippen LogP contribution in [0.4, 0.5) is 4.39 Å². The number of pyridine rings is 1. The third-order valence-corrected chi connectivity index (χ3v) is 4.94. The molecule has 0 atom stereocenters. The number of hydrogen-bond donors (Lipinski definition) is 2. The Morgan fingerprint density at radius 3 is 2.81 bits per heavy atom. The van der Waals surface area contributed by atoms with Gasteiger partial charge in [-0.05, 0) is 30.3 Å². The quantitative estimate of drug-likeness (QED) is 0.549. The van der Waals surface area contributed by atoms with Crippen molar-refractivity contribution in [3.63, 3.8) is 0 Å². The van der Waals surface area contributed by atoms with Gasteiger partial charge in [0, 0.05) is 12.1 Å². The van der Waals surface area contributed by atoms with Crippen molar-refractivity contribution in [2.24, 2.45) is 0 Å². The first-order valence-electron chi connectivity index (χ1n) is 7.80. The molecule has 0 saturated heterocycles. The number of carboxylic acids is 1. The maximum atomic E-state index is 13.3. The van der Waals surface area contributed by atoms with Crippen LogP contribution >= 0.6 is 11.3 Å². The van der Waals surface area contributed by atoms with Crippen molar-refractivity contribution in [3.05, 3.63) is 67.7 Å². The lowest BCUT2D eigenvalue weighted by Crippen LogP contribution is -2.37. The summed E-state index contributed by atoms with van der Waals surface area (Å²) in [6.07, 6.45) is 0.344. The molecule has 0 saturated carbocycles. The molecule has 0 unspecified atom stereocenters. The van der Waals surface area contributed by atoms with E-state index in [1.807, 2.05) is 0 Å². The summed E-state index contributed by atoms with van der Waals surface area (Å²) < 4.78 is 14.6. The van der Waals surface area contributed by atoms with E-state index in [1.165, 1.54) is 29.5 Å². The normalized spacial score (nSPS) is 11.3. The average Bonchev–Trinajstić information content (AvgIpc) is 2.99. The molecule has 136 valence electrons. The number of aromatic amines is 1. The number of carboxylic acid groups (broad SMARTS) is 1. The van der Waals surface area contributed by atoms with E-state index in [1.54, 1.807) is 12.1 Å². The number of H-pyrrole nitrogens is 1. The molecule has 0 aliphatic heterocycles. The number of hydrogen-bond acceptors (Lipinski definition) is 6. The number of nitrogens with one attached hydrogen (secondary N) is 1. The van der Waals surface area contributed by atoms with E-state index in [4.69, 9.17) is 5.11 Å². The Morgan fingerprint density at radius 2 is 2.04 bits per heavy atom. The Kier molecular flexibility index (Phi) is 4.04. The summed E-state index contributed by atoms with van der Waals surface area (Å²) in [5, 5.41) is 9.64. The van der Waals surface area contributed by atoms with E-state index in [0.29, 0.717) is 27.2 Å². The third-order valence-electron chi connectivity index (χ3n) is 3.92. The van der Waals surface area contributed by atoms with Crippen molar-refractivity contribution in [2.75, 3.05) is 0 Å². The second-order valence-corrected chi connectivity index (χ2v) is 6.93. The molecule has 3 heterocycles. The van der Waals surface area contributed by atoms with Crippen molar-refractivity contribution in [3.8, 4) is 0 Å². The fourth-order valence-electron chi connectivity index (χ4n) is 2.73. The highest BCUT2D eigenvalue weighted by molar-refractivity contribution is 7.18. The van der Waals surface area contributed by atoms with E-state index in [-0.39, 0.29) is 16.9 Å². The smallest absolute Gasteiger partial charge is 0.330 e. The maximum Gasteiger partial charge on any atom is 0.330 e. The number of aliphatic carboxylic acids is 1. The molecule has 4 aromatic rings. The van der Waals surface area contributed by atoms with Crippen LogP contribution < -0.4 is 11.2 Å². The molecule has 0 radical (unpaired) electrons. The van der Waals surface area contributed by atoms with Gasteiger partial charge >= 0.3 is 11.7 Å². The van der Waals surface area contributed by atoms with Crippen LogP contribution in [0.2, 0.25) is 0 Å². The summed E-state index contributed by atoms with van der Waals surface area (Å²) in [5.74, 6) is -1.63. The van der Waals surface area contributed by atoms with E-state index >= 15 is 0 Å². The number of rotatable bonds is 4. The van der Waals surface area contributed by atoms with Crippen LogP contribution in [0.15, 0.2) is 39.9 Å². The second kappa shape index (κ2) is 6.40. The summed E-state index contributed by atoms with van der Waals surface area (Å²) in [6, 6.07) is 7.45. The molecule has 1 aromatic carbocycles. The molecule has 0 amide bonds. The molecule has 27 heavy (non-hydrogen) atoms. The van der Waals surface area contributed by atoms with E-state index in [0.717, 1.165) is 4.70 Å². The fraction of sp³-hybridized carbons (Fsp3) is 0.118.